The fourth-order valence-electron chi connectivity index (χ4n) is 1.12. The van der Waals surface area contributed by atoms with E-state index in [0.29, 0.717) is 0 Å². The predicted octanol–water partition coefficient (Wildman–Crippen LogP) is -1.22. The van der Waals surface area contributed by atoms with Crippen LogP contribution >= 0.6 is 0 Å². The number of nitrogens with one attached hydrogen (secondary N) is 1. The lowest BCUT2D eigenvalue weighted by atomic mass is 10.3. The summed E-state index contributed by atoms with van der Waals surface area (Å²) >= 11 is 0. The highest BCUT2D eigenvalue weighted by atomic mass is 32.2. The van der Waals surface area contributed by atoms with Crippen LogP contribution in [0.2, 0.25) is 0 Å². The maximum atomic E-state index is 11.5. The van der Waals surface area contributed by atoms with E-state index in [4.69, 9.17) is 5.73 Å². The van der Waals surface area contributed by atoms with Crippen molar-refractivity contribution in [1.82, 2.24) is 15.1 Å². The molecule has 90 valence electrons. The number of hydrogen-bond donors (Lipinski definition) is 2. The summed E-state index contributed by atoms with van der Waals surface area (Å²) in [5.74, 6) is -0.576. The molecule has 1 aromatic rings. The first-order valence-corrected chi connectivity index (χ1v) is 6.60. The molecule has 8 heteroatoms. The molecule has 0 aliphatic rings. The zero-order valence-electron chi connectivity index (χ0n) is 9.10. The van der Waals surface area contributed by atoms with Crippen LogP contribution in [0.15, 0.2) is 6.20 Å². The molecule has 1 amide bonds. The first-order valence-electron chi connectivity index (χ1n) is 4.54. The summed E-state index contributed by atoms with van der Waals surface area (Å²) in [6, 6.07) is 0. The van der Waals surface area contributed by atoms with Crippen LogP contribution in [0.3, 0.4) is 0 Å². The van der Waals surface area contributed by atoms with Gasteiger partial charge < -0.3 is 11.1 Å². The highest BCUT2D eigenvalue weighted by Gasteiger charge is 2.13. The van der Waals surface area contributed by atoms with Crippen LogP contribution in [0, 0.1) is 0 Å². The summed E-state index contributed by atoms with van der Waals surface area (Å²) in [4.78, 5) is 11.5. The van der Waals surface area contributed by atoms with E-state index >= 15 is 0 Å². The van der Waals surface area contributed by atoms with Crippen molar-refractivity contribution < 1.29 is 13.2 Å². The minimum Gasteiger partial charge on any atom is -0.396 e. The minimum atomic E-state index is -3.08. The van der Waals surface area contributed by atoms with Gasteiger partial charge in [0.15, 0.2) is 5.69 Å². The largest absolute Gasteiger partial charge is 0.396 e. The third-order valence-corrected chi connectivity index (χ3v) is 2.78. The molecule has 0 atom stereocenters. The van der Waals surface area contributed by atoms with Gasteiger partial charge in [0, 0.05) is 26.0 Å². The number of sulfone groups is 1. The topological polar surface area (TPSA) is 107 Å². The SMILES string of the molecule is Cn1cc(N)c(C(=O)NCCS(C)(=O)=O)n1. The van der Waals surface area contributed by atoms with Crippen LogP contribution in [-0.2, 0) is 16.9 Å². The molecule has 0 saturated heterocycles. The Morgan fingerprint density at radius 3 is 2.69 bits per heavy atom. The maximum absolute atomic E-state index is 11.5. The molecule has 3 N–H and O–H groups in total. The number of hydrogen-bond acceptors (Lipinski definition) is 5. The van der Waals surface area contributed by atoms with E-state index in [1.165, 1.54) is 10.9 Å². The van der Waals surface area contributed by atoms with E-state index in [-0.39, 0.29) is 23.7 Å². The van der Waals surface area contributed by atoms with Gasteiger partial charge in [0.1, 0.15) is 9.84 Å². The lowest BCUT2D eigenvalue weighted by Gasteiger charge is -2.02. The third kappa shape index (κ3) is 3.54. The molecule has 0 unspecified atom stereocenters. The van der Waals surface area contributed by atoms with Crippen molar-refractivity contribution in [3.8, 4) is 0 Å². The van der Waals surface area contributed by atoms with Crippen molar-refractivity contribution in [2.45, 2.75) is 0 Å². The fraction of sp³-hybridized carbons (Fsp3) is 0.500. The summed E-state index contributed by atoms with van der Waals surface area (Å²) in [6.07, 6.45) is 2.61. The average Bonchev–Trinajstić information content (AvgIpc) is 2.43. The van der Waals surface area contributed by atoms with Crippen molar-refractivity contribution >= 4 is 21.4 Å². The molecule has 0 radical (unpaired) electrons. The second-order valence-electron chi connectivity index (χ2n) is 3.49. The second-order valence-corrected chi connectivity index (χ2v) is 5.75. The van der Waals surface area contributed by atoms with Crippen LogP contribution < -0.4 is 11.1 Å². The van der Waals surface area contributed by atoms with Crippen molar-refractivity contribution in [3.05, 3.63) is 11.9 Å². The summed E-state index contributed by atoms with van der Waals surface area (Å²) in [7, 11) is -1.44. The van der Waals surface area contributed by atoms with Crippen LogP contribution in [0.5, 0.6) is 0 Å². The summed E-state index contributed by atoms with van der Waals surface area (Å²) < 4.78 is 23.1. The van der Waals surface area contributed by atoms with Gasteiger partial charge in [-0.2, -0.15) is 5.10 Å². The Morgan fingerprint density at radius 2 is 2.25 bits per heavy atom. The van der Waals surface area contributed by atoms with E-state index in [1.54, 1.807) is 7.05 Å². The van der Waals surface area contributed by atoms with Crippen molar-refractivity contribution in [1.29, 1.82) is 0 Å². The maximum Gasteiger partial charge on any atom is 0.273 e. The Hall–Kier alpha value is -1.57. The summed E-state index contributed by atoms with van der Waals surface area (Å²) in [5.41, 5.74) is 5.91. The molecule has 1 rings (SSSR count). The molecule has 0 aliphatic carbocycles. The summed E-state index contributed by atoms with van der Waals surface area (Å²) in [6.45, 7) is 0.0493. The van der Waals surface area contributed by atoms with Crippen molar-refractivity contribution in [2.75, 3.05) is 24.3 Å². The zero-order chi connectivity index (χ0) is 12.3. The highest BCUT2D eigenvalue weighted by molar-refractivity contribution is 7.90. The molecular weight excluding hydrogens is 232 g/mol. The number of aryl methyl sites for hydroxylation is 1. The van der Waals surface area contributed by atoms with Gasteiger partial charge in [-0.25, -0.2) is 8.42 Å². The molecule has 7 nitrogen and oxygen atoms in total. The van der Waals surface area contributed by atoms with Crippen LogP contribution in [0.4, 0.5) is 5.69 Å². The Balaban J connectivity index is 2.57. The molecular formula is C8H14N4O3S. The van der Waals surface area contributed by atoms with Crippen LogP contribution in [-0.4, -0.2) is 42.7 Å². The van der Waals surface area contributed by atoms with E-state index in [0.717, 1.165) is 6.26 Å². The molecule has 0 spiro atoms. The smallest absolute Gasteiger partial charge is 0.273 e. The molecule has 16 heavy (non-hydrogen) atoms. The monoisotopic (exact) mass is 246 g/mol. The number of nitrogen functional groups attached to an aromatic ring is 1. The normalized spacial score (nSPS) is 11.4. The van der Waals surface area contributed by atoms with Crippen molar-refractivity contribution in [2.24, 2.45) is 7.05 Å². The number of rotatable bonds is 4. The lowest BCUT2D eigenvalue weighted by Crippen LogP contribution is -2.29. The van der Waals surface area contributed by atoms with E-state index in [9.17, 15) is 13.2 Å². The number of anilines is 1. The zero-order valence-corrected chi connectivity index (χ0v) is 9.91. The number of nitrogens with zero attached hydrogens (tertiary/aromatic N) is 2. The average molecular weight is 246 g/mol. The number of carbonyl (C=O) groups is 1. The third-order valence-electron chi connectivity index (χ3n) is 1.83. The van der Waals surface area contributed by atoms with Gasteiger partial charge in [0.2, 0.25) is 0 Å². The molecule has 0 saturated carbocycles. The van der Waals surface area contributed by atoms with Crippen LogP contribution in [0.25, 0.3) is 0 Å². The standard InChI is InChI=1S/C8H14N4O3S/c1-12-5-6(9)7(11-12)8(13)10-3-4-16(2,14)15/h5H,3-4,9H2,1-2H3,(H,10,13). The Kier molecular flexibility index (Phi) is 3.53. The first-order chi connectivity index (χ1) is 7.29. The molecule has 0 aromatic carbocycles. The number of amides is 1. The minimum absolute atomic E-state index is 0.0493. The van der Waals surface area contributed by atoms with Crippen molar-refractivity contribution in [3.63, 3.8) is 0 Å². The highest BCUT2D eigenvalue weighted by Crippen LogP contribution is 2.07. The van der Waals surface area contributed by atoms with Gasteiger partial charge in [-0.1, -0.05) is 0 Å². The predicted molar refractivity (Wildman–Crippen MR) is 59.7 cm³/mol. The Labute approximate surface area is 93.5 Å². The molecule has 0 fully saturated rings. The summed E-state index contributed by atoms with van der Waals surface area (Å²) in [5, 5.41) is 6.29. The van der Waals surface area contributed by atoms with E-state index < -0.39 is 15.7 Å². The Morgan fingerprint density at radius 1 is 1.62 bits per heavy atom. The van der Waals surface area contributed by atoms with Gasteiger partial charge in [0.05, 0.1) is 11.4 Å². The number of carbonyl (C=O) groups excluding carboxylic acids is 1. The van der Waals surface area contributed by atoms with Gasteiger partial charge in [0.25, 0.3) is 5.91 Å². The van der Waals surface area contributed by atoms with E-state index in [1.807, 2.05) is 0 Å². The fourth-order valence-corrected chi connectivity index (χ4v) is 1.59. The van der Waals surface area contributed by atoms with Gasteiger partial charge in [-0.05, 0) is 0 Å². The lowest BCUT2D eigenvalue weighted by molar-refractivity contribution is 0.0951. The molecule has 1 heterocycles. The van der Waals surface area contributed by atoms with Crippen LogP contribution in [0.1, 0.15) is 10.5 Å². The Bertz CT molecular complexity index is 491. The van der Waals surface area contributed by atoms with Gasteiger partial charge >= 0.3 is 0 Å². The first kappa shape index (κ1) is 12.5. The molecule has 0 bridgehead atoms. The quantitative estimate of drug-likeness (QED) is 0.692. The molecule has 0 aliphatic heterocycles. The number of aromatic nitrogens is 2. The number of nitrogens with two attached hydrogens (primary N) is 1. The van der Waals surface area contributed by atoms with E-state index in [2.05, 4.69) is 10.4 Å². The van der Waals surface area contributed by atoms with Gasteiger partial charge in [-0.15, -0.1) is 0 Å². The molecule has 1 aromatic heterocycles. The van der Waals surface area contributed by atoms with Gasteiger partial charge in [-0.3, -0.25) is 9.48 Å². The second kappa shape index (κ2) is 4.52.